The summed E-state index contributed by atoms with van der Waals surface area (Å²) >= 11 is 0. The molecule has 2 rings (SSSR count). The number of carbonyl (C=O) groups excluding carboxylic acids is 2. The van der Waals surface area contributed by atoms with Gasteiger partial charge in [0.15, 0.2) is 11.6 Å². The number of carbonyl (C=O) groups is 2. The SMILES string of the molecule is C[C@H]1O[C@H](C)[C@@H](O)C2=C1C(=O)C=CC2=O. The van der Waals surface area contributed by atoms with Crippen molar-refractivity contribution >= 4 is 11.6 Å². The predicted octanol–water partition coefficient (Wildman–Crippen LogP) is 0.159. The fraction of sp³-hybridized carbons (Fsp3) is 0.455. The molecular weight excluding hydrogens is 196 g/mol. The van der Waals surface area contributed by atoms with Crippen LogP contribution in [0.25, 0.3) is 0 Å². The Bertz CT molecular complexity index is 391. The highest BCUT2D eigenvalue weighted by atomic mass is 16.5. The number of aliphatic hydroxyl groups excluding tert-OH is 1. The maximum absolute atomic E-state index is 11.6. The van der Waals surface area contributed by atoms with Gasteiger partial charge in [-0.1, -0.05) is 0 Å². The average Bonchev–Trinajstić information content (AvgIpc) is 2.18. The van der Waals surface area contributed by atoms with Crippen LogP contribution >= 0.6 is 0 Å². The van der Waals surface area contributed by atoms with Crippen LogP contribution in [0.2, 0.25) is 0 Å². The lowest BCUT2D eigenvalue weighted by Gasteiger charge is -2.34. The first-order valence-corrected chi connectivity index (χ1v) is 4.86. The van der Waals surface area contributed by atoms with E-state index in [-0.39, 0.29) is 17.1 Å². The van der Waals surface area contributed by atoms with Gasteiger partial charge in [-0.2, -0.15) is 0 Å². The summed E-state index contributed by atoms with van der Waals surface area (Å²) < 4.78 is 5.37. The second kappa shape index (κ2) is 3.40. The van der Waals surface area contributed by atoms with Crippen LogP contribution < -0.4 is 0 Å². The molecule has 0 radical (unpaired) electrons. The molecule has 0 saturated carbocycles. The molecule has 0 spiro atoms. The molecule has 4 heteroatoms. The van der Waals surface area contributed by atoms with E-state index in [0.29, 0.717) is 5.57 Å². The van der Waals surface area contributed by atoms with Gasteiger partial charge in [0.2, 0.25) is 0 Å². The molecule has 1 N–H and O–H groups in total. The summed E-state index contributed by atoms with van der Waals surface area (Å²) in [5, 5.41) is 9.79. The standard InChI is InChI=1S/C11H12O4/c1-5-9-7(12)3-4-8(13)10(9)11(14)6(2)15-5/h3-6,11,14H,1-2H3/t5-,6-,11-/m1/s1. The van der Waals surface area contributed by atoms with Gasteiger partial charge in [0.05, 0.1) is 12.2 Å². The number of allylic oxidation sites excluding steroid dienone is 2. The molecule has 15 heavy (non-hydrogen) atoms. The van der Waals surface area contributed by atoms with E-state index in [9.17, 15) is 14.7 Å². The first-order chi connectivity index (χ1) is 7.02. The minimum atomic E-state index is -1.00. The van der Waals surface area contributed by atoms with E-state index in [1.165, 1.54) is 12.2 Å². The fourth-order valence-corrected chi connectivity index (χ4v) is 2.02. The Labute approximate surface area is 87.2 Å². The Morgan fingerprint density at radius 2 is 1.67 bits per heavy atom. The second-order valence-electron chi connectivity index (χ2n) is 3.82. The summed E-state index contributed by atoms with van der Waals surface area (Å²) in [6.07, 6.45) is 0.540. The third-order valence-corrected chi connectivity index (χ3v) is 2.77. The van der Waals surface area contributed by atoms with Crippen LogP contribution in [0, 0.1) is 0 Å². The molecule has 1 aliphatic heterocycles. The number of hydrogen-bond donors (Lipinski definition) is 1. The molecule has 3 atom stereocenters. The van der Waals surface area contributed by atoms with Crippen molar-refractivity contribution < 1.29 is 19.4 Å². The predicted molar refractivity (Wildman–Crippen MR) is 52.2 cm³/mol. The highest BCUT2D eigenvalue weighted by Gasteiger charge is 2.39. The average molecular weight is 208 g/mol. The zero-order chi connectivity index (χ0) is 11.2. The van der Waals surface area contributed by atoms with Crippen LogP contribution in [0.4, 0.5) is 0 Å². The third kappa shape index (κ3) is 1.46. The molecule has 2 aliphatic rings. The molecule has 0 fully saturated rings. The topological polar surface area (TPSA) is 63.6 Å². The van der Waals surface area contributed by atoms with Crippen molar-refractivity contribution in [1.29, 1.82) is 0 Å². The highest BCUT2D eigenvalue weighted by Crippen LogP contribution is 2.30. The Morgan fingerprint density at radius 3 is 2.27 bits per heavy atom. The molecule has 0 aromatic rings. The van der Waals surface area contributed by atoms with Crippen molar-refractivity contribution in [3.63, 3.8) is 0 Å². The lowest BCUT2D eigenvalue weighted by atomic mass is 9.84. The fourth-order valence-electron chi connectivity index (χ4n) is 2.02. The third-order valence-electron chi connectivity index (χ3n) is 2.77. The van der Waals surface area contributed by atoms with Gasteiger partial charge in [-0.15, -0.1) is 0 Å². The monoisotopic (exact) mass is 208 g/mol. The van der Waals surface area contributed by atoms with Crippen LogP contribution in [0.3, 0.4) is 0 Å². The first kappa shape index (κ1) is 10.3. The largest absolute Gasteiger partial charge is 0.386 e. The molecule has 0 amide bonds. The summed E-state index contributed by atoms with van der Waals surface area (Å²) in [6.45, 7) is 3.39. The van der Waals surface area contributed by atoms with E-state index in [4.69, 9.17) is 4.74 Å². The van der Waals surface area contributed by atoms with Crippen LogP contribution in [0.5, 0.6) is 0 Å². The zero-order valence-corrected chi connectivity index (χ0v) is 8.56. The van der Waals surface area contributed by atoms with Crippen LogP contribution in [-0.2, 0) is 14.3 Å². The number of aliphatic hydroxyl groups is 1. The minimum absolute atomic E-state index is 0.203. The lowest BCUT2D eigenvalue weighted by molar-refractivity contribution is -0.122. The van der Waals surface area contributed by atoms with Crippen molar-refractivity contribution in [3.8, 4) is 0 Å². The summed E-state index contributed by atoms with van der Waals surface area (Å²) in [5.41, 5.74) is 0.502. The number of hydrogen-bond acceptors (Lipinski definition) is 4. The van der Waals surface area contributed by atoms with Gasteiger partial charge >= 0.3 is 0 Å². The molecule has 0 bridgehead atoms. The minimum Gasteiger partial charge on any atom is -0.386 e. The molecule has 1 aliphatic carbocycles. The normalized spacial score (nSPS) is 35.8. The van der Waals surface area contributed by atoms with E-state index >= 15 is 0 Å². The van der Waals surface area contributed by atoms with E-state index in [0.717, 1.165) is 0 Å². The van der Waals surface area contributed by atoms with Crippen molar-refractivity contribution in [3.05, 3.63) is 23.3 Å². The molecule has 0 saturated heterocycles. The van der Waals surface area contributed by atoms with Gasteiger partial charge in [-0.05, 0) is 26.0 Å². The lowest BCUT2D eigenvalue weighted by Crippen LogP contribution is -2.43. The van der Waals surface area contributed by atoms with Gasteiger partial charge in [0, 0.05) is 11.1 Å². The van der Waals surface area contributed by atoms with Crippen molar-refractivity contribution in [2.24, 2.45) is 0 Å². The molecular formula is C11H12O4. The summed E-state index contributed by atoms with van der Waals surface area (Å²) in [4.78, 5) is 23.1. The number of ether oxygens (including phenoxy) is 1. The Kier molecular flexibility index (Phi) is 2.32. The highest BCUT2D eigenvalue weighted by molar-refractivity contribution is 6.21. The molecule has 4 nitrogen and oxygen atoms in total. The quantitative estimate of drug-likeness (QED) is 0.576. The number of rotatable bonds is 0. The Hall–Kier alpha value is -1.26. The van der Waals surface area contributed by atoms with Crippen LogP contribution in [-0.4, -0.2) is 35.0 Å². The van der Waals surface area contributed by atoms with Gasteiger partial charge in [-0.25, -0.2) is 0 Å². The smallest absolute Gasteiger partial charge is 0.185 e. The van der Waals surface area contributed by atoms with Gasteiger partial charge in [0.25, 0.3) is 0 Å². The van der Waals surface area contributed by atoms with Gasteiger partial charge < -0.3 is 9.84 Å². The number of ketones is 2. The van der Waals surface area contributed by atoms with Crippen molar-refractivity contribution in [2.45, 2.75) is 32.2 Å². The summed E-state index contributed by atoms with van der Waals surface area (Å²) in [6, 6.07) is 0. The van der Waals surface area contributed by atoms with E-state index < -0.39 is 18.3 Å². The van der Waals surface area contributed by atoms with Crippen molar-refractivity contribution in [2.75, 3.05) is 0 Å². The molecule has 0 aromatic carbocycles. The summed E-state index contributed by atoms with van der Waals surface area (Å²) in [7, 11) is 0. The van der Waals surface area contributed by atoms with E-state index in [1.807, 2.05) is 0 Å². The Morgan fingerprint density at radius 1 is 1.13 bits per heavy atom. The first-order valence-electron chi connectivity index (χ1n) is 4.86. The Balaban J connectivity index is 2.54. The summed E-state index contributed by atoms with van der Waals surface area (Å²) in [5.74, 6) is -0.540. The molecule has 1 heterocycles. The van der Waals surface area contributed by atoms with E-state index in [2.05, 4.69) is 0 Å². The molecule has 0 aromatic heterocycles. The van der Waals surface area contributed by atoms with Crippen LogP contribution in [0.15, 0.2) is 23.3 Å². The van der Waals surface area contributed by atoms with Gasteiger partial charge in [0.1, 0.15) is 6.10 Å². The zero-order valence-electron chi connectivity index (χ0n) is 8.56. The van der Waals surface area contributed by atoms with Crippen molar-refractivity contribution in [1.82, 2.24) is 0 Å². The molecule has 80 valence electrons. The maximum Gasteiger partial charge on any atom is 0.185 e. The second-order valence-corrected chi connectivity index (χ2v) is 3.82. The van der Waals surface area contributed by atoms with Gasteiger partial charge in [-0.3, -0.25) is 9.59 Å². The van der Waals surface area contributed by atoms with Crippen LogP contribution in [0.1, 0.15) is 13.8 Å². The van der Waals surface area contributed by atoms with E-state index in [1.54, 1.807) is 13.8 Å². The maximum atomic E-state index is 11.6. The molecule has 0 unspecified atom stereocenters.